The number of rotatable bonds is 3. The molecule has 0 radical (unpaired) electrons. The monoisotopic (exact) mass is 234 g/mol. The van der Waals surface area contributed by atoms with Crippen molar-refractivity contribution in [2.75, 3.05) is 7.11 Å². The van der Waals surface area contributed by atoms with Gasteiger partial charge in [0.25, 0.3) is 0 Å². The maximum atomic E-state index is 12.5. The molecule has 0 aliphatic heterocycles. The number of pyridine rings is 1. The summed E-state index contributed by atoms with van der Waals surface area (Å²) >= 11 is 0. The zero-order valence-electron chi connectivity index (χ0n) is 9.01. The summed E-state index contributed by atoms with van der Waals surface area (Å²) in [5.41, 5.74) is 5.21. The van der Waals surface area contributed by atoms with E-state index in [9.17, 15) is 13.2 Å². The van der Waals surface area contributed by atoms with E-state index in [-0.39, 0.29) is 11.8 Å². The van der Waals surface area contributed by atoms with Gasteiger partial charge in [0.2, 0.25) is 0 Å². The maximum Gasteiger partial charge on any atom is 0.437 e. The van der Waals surface area contributed by atoms with Gasteiger partial charge in [-0.05, 0) is 18.1 Å². The quantitative estimate of drug-likeness (QED) is 0.874. The molecule has 1 rings (SSSR count). The van der Waals surface area contributed by atoms with Crippen LogP contribution >= 0.6 is 0 Å². The van der Waals surface area contributed by atoms with E-state index in [1.54, 1.807) is 0 Å². The Morgan fingerprint density at radius 3 is 2.56 bits per heavy atom. The van der Waals surface area contributed by atoms with E-state index >= 15 is 0 Å². The molecule has 0 bridgehead atoms. The van der Waals surface area contributed by atoms with Gasteiger partial charge in [-0.2, -0.15) is 13.2 Å². The van der Waals surface area contributed by atoms with Crippen LogP contribution in [0.5, 0.6) is 5.75 Å². The summed E-state index contributed by atoms with van der Waals surface area (Å²) in [5, 5.41) is 0. The molecule has 0 spiro atoms. The molecule has 2 N–H and O–H groups in total. The van der Waals surface area contributed by atoms with Gasteiger partial charge >= 0.3 is 6.18 Å². The van der Waals surface area contributed by atoms with Crippen molar-refractivity contribution in [2.24, 2.45) is 5.73 Å². The van der Waals surface area contributed by atoms with Gasteiger partial charge < -0.3 is 10.5 Å². The Morgan fingerprint density at radius 2 is 2.12 bits per heavy atom. The first kappa shape index (κ1) is 12.8. The zero-order valence-corrected chi connectivity index (χ0v) is 9.01. The molecule has 90 valence electrons. The number of hydrogen-bond donors (Lipinski definition) is 1. The average Bonchev–Trinajstić information content (AvgIpc) is 2.25. The molecule has 0 saturated carbocycles. The molecule has 0 aromatic carbocycles. The van der Waals surface area contributed by atoms with Crippen molar-refractivity contribution in [1.82, 2.24) is 4.98 Å². The van der Waals surface area contributed by atoms with Gasteiger partial charge in [-0.3, -0.25) is 0 Å². The molecule has 0 aliphatic rings. The topological polar surface area (TPSA) is 48.1 Å². The molecule has 3 nitrogen and oxygen atoms in total. The van der Waals surface area contributed by atoms with Crippen LogP contribution in [0.3, 0.4) is 0 Å². The van der Waals surface area contributed by atoms with E-state index in [1.165, 1.54) is 13.2 Å². The smallest absolute Gasteiger partial charge is 0.437 e. The summed E-state index contributed by atoms with van der Waals surface area (Å²) < 4.78 is 42.1. The van der Waals surface area contributed by atoms with E-state index in [4.69, 9.17) is 5.73 Å². The molecule has 1 atom stereocenters. The number of nitrogens with two attached hydrogens (primary N) is 1. The van der Waals surface area contributed by atoms with Crippen molar-refractivity contribution in [3.05, 3.63) is 23.5 Å². The fraction of sp³-hybridized carbons (Fsp3) is 0.500. The molecular formula is C10H13F3N2O. The number of nitrogens with zero attached hydrogens (tertiary/aromatic N) is 1. The molecular weight excluding hydrogens is 221 g/mol. The fourth-order valence-corrected chi connectivity index (χ4v) is 1.27. The van der Waals surface area contributed by atoms with Crippen molar-refractivity contribution < 1.29 is 17.9 Å². The first-order chi connectivity index (χ1) is 7.40. The van der Waals surface area contributed by atoms with Gasteiger partial charge in [-0.15, -0.1) is 0 Å². The third-order valence-corrected chi connectivity index (χ3v) is 2.23. The zero-order chi connectivity index (χ0) is 12.3. The number of methoxy groups -OCH3 is 1. The number of hydrogen-bond acceptors (Lipinski definition) is 3. The predicted molar refractivity (Wildman–Crippen MR) is 53.0 cm³/mol. The van der Waals surface area contributed by atoms with Crippen LogP contribution in [0, 0.1) is 0 Å². The van der Waals surface area contributed by atoms with Gasteiger partial charge in [0.15, 0.2) is 5.69 Å². The van der Waals surface area contributed by atoms with E-state index < -0.39 is 11.9 Å². The second-order valence-corrected chi connectivity index (χ2v) is 3.33. The Hall–Kier alpha value is -1.30. The maximum absolute atomic E-state index is 12.5. The van der Waals surface area contributed by atoms with Gasteiger partial charge in [-0.1, -0.05) is 6.92 Å². The molecule has 16 heavy (non-hydrogen) atoms. The van der Waals surface area contributed by atoms with Crippen molar-refractivity contribution in [3.8, 4) is 5.75 Å². The highest BCUT2D eigenvalue weighted by molar-refractivity contribution is 5.34. The summed E-state index contributed by atoms with van der Waals surface area (Å²) in [7, 11) is 1.17. The number of alkyl halides is 3. The molecule has 0 fully saturated rings. The largest absolute Gasteiger partial charge is 0.494 e. The van der Waals surface area contributed by atoms with E-state index in [0.29, 0.717) is 12.0 Å². The van der Waals surface area contributed by atoms with Crippen LogP contribution in [0.4, 0.5) is 13.2 Å². The van der Waals surface area contributed by atoms with Gasteiger partial charge in [0.05, 0.1) is 7.11 Å². The highest BCUT2D eigenvalue weighted by Gasteiger charge is 2.36. The standard InChI is InChI=1S/C10H13F3N2O/c1-3-7(14)6-4-8(16-2)9(15-5-6)10(11,12)13/h4-5,7H,3,14H2,1-2H3/t7-/m0/s1. The lowest BCUT2D eigenvalue weighted by Crippen LogP contribution is -2.14. The van der Waals surface area contributed by atoms with Crippen LogP contribution in [-0.4, -0.2) is 12.1 Å². The van der Waals surface area contributed by atoms with Crippen molar-refractivity contribution >= 4 is 0 Å². The molecule has 1 aromatic heterocycles. The minimum Gasteiger partial charge on any atom is -0.494 e. The minimum atomic E-state index is -4.51. The van der Waals surface area contributed by atoms with Crippen molar-refractivity contribution in [1.29, 1.82) is 0 Å². The Bertz CT molecular complexity index is 366. The molecule has 0 saturated heterocycles. The number of aromatic nitrogens is 1. The molecule has 0 aliphatic carbocycles. The minimum absolute atomic E-state index is 0.297. The van der Waals surface area contributed by atoms with Crippen LogP contribution in [0.1, 0.15) is 30.6 Å². The van der Waals surface area contributed by atoms with Crippen LogP contribution in [0.25, 0.3) is 0 Å². The Labute approximate surface area is 91.4 Å². The van der Waals surface area contributed by atoms with Crippen LogP contribution in [0.15, 0.2) is 12.3 Å². The molecule has 1 heterocycles. The number of halogens is 3. The fourth-order valence-electron chi connectivity index (χ4n) is 1.27. The van der Waals surface area contributed by atoms with Crippen LogP contribution < -0.4 is 10.5 Å². The Morgan fingerprint density at radius 1 is 1.50 bits per heavy atom. The van der Waals surface area contributed by atoms with Crippen LogP contribution in [0.2, 0.25) is 0 Å². The summed E-state index contributed by atoms with van der Waals surface area (Å²) in [5.74, 6) is -0.297. The van der Waals surface area contributed by atoms with Crippen molar-refractivity contribution in [3.63, 3.8) is 0 Å². The van der Waals surface area contributed by atoms with E-state index in [2.05, 4.69) is 9.72 Å². The highest BCUT2D eigenvalue weighted by Crippen LogP contribution is 2.35. The second-order valence-electron chi connectivity index (χ2n) is 3.33. The molecule has 6 heteroatoms. The van der Waals surface area contributed by atoms with Gasteiger partial charge in [-0.25, -0.2) is 4.98 Å². The first-order valence-electron chi connectivity index (χ1n) is 4.76. The average molecular weight is 234 g/mol. The lowest BCUT2D eigenvalue weighted by atomic mass is 10.1. The molecule has 0 amide bonds. The summed E-state index contributed by atoms with van der Waals surface area (Å²) in [6.07, 6.45) is -2.75. The Balaban J connectivity index is 3.17. The SMILES string of the molecule is CC[C@H](N)c1cnc(C(F)(F)F)c(OC)c1. The third-order valence-electron chi connectivity index (χ3n) is 2.23. The first-order valence-corrected chi connectivity index (χ1v) is 4.76. The summed E-state index contributed by atoms with van der Waals surface area (Å²) in [6, 6.07) is 0.952. The highest BCUT2D eigenvalue weighted by atomic mass is 19.4. The third kappa shape index (κ3) is 2.63. The van der Waals surface area contributed by atoms with E-state index in [1.807, 2.05) is 6.92 Å². The normalized spacial score (nSPS) is 13.6. The molecule has 0 unspecified atom stereocenters. The lowest BCUT2D eigenvalue weighted by Gasteiger charge is -2.14. The second kappa shape index (κ2) is 4.69. The predicted octanol–water partition coefficient (Wildman–Crippen LogP) is 2.52. The van der Waals surface area contributed by atoms with Gasteiger partial charge in [0, 0.05) is 12.2 Å². The van der Waals surface area contributed by atoms with E-state index in [0.717, 1.165) is 6.20 Å². The van der Waals surface area contributed by atoms with Gasteiger partial charge in [0.1, 0.15) is 5.75 Å². The van der Waals surface area contributed by atoms with Crippen LogP contribution in [-0.2, 0) is 6.18 Å². The lowest BCUT2D eigenvalue weighted by molar-refractivity contribution is -0.142. The molecule has 1 aromatic rings. The Kier molecular flexibility index (Phi) is 3.74. The summed E-state index contributed by atoms with van der Waals surface area (Å²) in [4.78, 5) is 3.36. The summed E-state index contributed by atoms with van der Waals surface area (Å²) in [6.45, 7) is 1.84. The number of ether oxygens (including phenoxy) is 1. The van der Waals surface area contributed by atoms with Crippen molar-refractivity contribution in [2.45, 2.75) is 25.6 Å².